The molecule has 3 heteroatoms. The fourth-order valence-corrected chi connectivity index (χ4v) is 2.75. The third-order valence-corrected chi connectivity index (χ3v) is 4.48. The second kappa shape index (κ2) is 6.65. The van der Waals surface area contributed by atoms with E-state index in [0.717, 1.165) is 10.9 Å². The zero-order chi connectivity index (χ0) is 13.0. The first kappa shape index (κ1) is 14.0. The first-order chi connectivity index (χ1) is 8.69. The average molecular weight is 342 g/mol. The molecule has 1 unspecified atom stereocenters. The summed E-state index contributed by atoms with van der Waals surface area (Å²) in [6.07, 6.45) is 2.93. The minimum absolute atomic E-state index is 0.0297. The summed E-state index contributed by atoms with van der Waals surface area (Å²) < 4.78 is 1.10. The van der Waals surface area contributed by atoms with Gasteiger partial charge in [0.1, 0.15) is 0 Å². The first-order valence-corrected chi connectivity index (χ1v) is 8.17. The van der Waals surface area contributed by atoms with E-state index >= 15 is 0 Å². The highest BCUT2D eigenvalue weighted by Gasteiger charge is 2.08. The van der Waals surface area contributed by atoms with Crippen molar-refractivity contribution >= 4 is 39.3 Å². The quantitative estimate of drug-likeness (QED) is 0.508. The zero-order valence-corrected chi connectivity index (χ0v) is 13.2. The lowest BCUT2D eigenvalue weighted by Crippen LogP contribution is -1.95. The van der Waals surface area contributed by atoms with Crippen LogP contribution < -0.4 is 0 Å². The van der Waals surface area contributed by atoms with Crippen molar-refractivity contribution in [2.24, 2.45) is 0 Å². The summed E-state index contributed by atoms with van der Waals surface area (Å²) in [5, 5.41) is 0.0297. The Morgan fingerprint density at radius 2 is 1.67 bits per heavy atom. The molecule has 0 saturated heterocycles. The Balaban J connectivity index is 2.06. The Kier molecular flexibility index (Phi) is 5.16. The predicted molar refractivity (Wildman–Crippen MR) is 84.7 cm³/mol. The molecule has 0 heterocycles. The highest BCUT2D eigenvalue weighted by Crippen LogP contribution is 2.27. The average Bonchev–Trinajstić information content (AvgIpc) is 2.41. The molecule has 0 saturated carbocycles. The van der Waals surface area contributed by atoms with Crippen LogP contribution in [0.15, 0.2) is 57.9 Å². The van der Waals surface area contributed by atoms with Crippen LogP contribution in [0, 0.1) is 0 Å². The van der Waals surface area contributed by atoms with Crippen LogP contribution in [0.2, 0.25) is 0 Å². The van der Waals surface area contributed by atoms with Crippen molar-refractivity contribution in [3.63, 3.8) is 0 Å². The Morgan fingerprint density at radius 3 is 2.22 bits per heavy atom. The van der Waals surface area contributed by atoms with Crippen molar-refractivity contribution in [3.8, 4) is 0 Å². The minimum atomic E-state index is 0.0297. The molecule has 0 aliphatic rings. The third kappa shape index (κ3) is 3.78. The van der Waals surface area contributed by atoms with E-state index < -0.39 is 0 Å². The largest absolute Gasteiger partial charge is 0.130 e. The topological polar surface area (TPSA) is 0 Å². The Labute approximate surface area is 126 Å². The van der Waals surface area contributed by atoms with Gasteiger partial charge in [-0.15, -0.1) is 23.4 Å². The maximum atomic E-state index is 6.46. The van der Waals surface area contributed by atoms with Crippen LogP contribution >= 0.6 is 39.3 Å². The summed E-state index contributed by atoms with van der Waals surface area (Å²) in [7, 11) is 0. The Hall–Kier alpha value is -0.440. The second-order valence-electron chi connectivity index (χ2n) is 4.07. The van der Waals surface area contributed by atoms with Gasteiger partial charge < -0.3 is 0 Å². The van der Waals surface area contributed by atoms with Crippen LogP contribution in [0.4, 0.5) is 0 Å². The molecule has 0 N–H and O–H groups in total. The van der Waals surface area contributed by atoms with E-state index in [1.54, 1.807) is 11.8 Å². The molecule has 2 rings (SSSR count). The van der Waals surface area contributed by atoms with Crippen LogP contribution in [0.25, 0.3) is 0 Å². The maximum Gasteiger partial charge on any atom is 0.0625 e. The van der Waals surface area contributed by atoms with Gasteiger partial charge in [0.15, 0.2) is 0 Å². The van der Waals surface area contributed by atoms with Crippen molar-refractivity contribution in [1.29, 1.82) is 0 Å². The maximum absolute atomic E-state index is 6.46. The molecule has 0 radical (unpaired) electrons. The predicted octanol–water partition coefficient (Wildman–Crippen LogP) is 5.69. The highest BCUT2D eigenvalue weighted by molar-refractivity contribution is 9.10. The lowest BCUT2D eigenvalue weighted by atomic mass is 10.0. The van der Waals surface area contributed by atoms with E-state index in [1.165, 1.54) is 16.0 Å². The van der Waals surface area contributed by atoms with Crippen molar-refractivity contribution < 1.29 is 0 Å². The van der Waals surface area contributed by atoms with Crippen LogP contribution in [-0.2, 0) is 6.42 Å². The molecule has 0 fully saturated rings. The molecule has 0 aliphatic heterocycles. The molecule has 0 aromatic heterocycles. The SMILES string of the molecule is CSc1ccc(C(Cl)Cc2ccc(Br)cc2)cc1. The van der Waals surface area contributed by atoms with Crippen molar-refractivity contribution in [2.45, 2.75) is 16.7 Å². The van der Waals surface area contributed by atoms with Gasteiger partial charge in [0.05, 0.1) is 5.38 Å². The number of rotatable bonds is 4. The summed E-state index contributed by atoms with van der Waals surface area (Å²) in [6, 6.07) is 16.8. The smallest absolute Gasteiger partial charge is 0.0625 e. The van der Waals surface area contributed by atoms with Gasteiger partial charge in [-0.3, -0.25) is 0 Å². The fourth-order valence-electron chi connectivity index (χ4n) is 1.76. The van der Waals surface area contributed by atoms with Gasteiger partial charge in [-0.1, -0.05) is 40.2 Å². The van der Waals surface area contributed by atoms with E-state index in [2.05, 4.69) is 70.7 Å². The number of thioether (sulfide) groups is 1. The fraction of sp³-hybridized carbons (Fsp3) is 0.200. The van der Waals surface area contributed by atoms with Crippen LogP contribution in [0.3, 0.4) is 0 Å². The number of alkyl halides is 1. The molecule has 0 spiro atoms. The van der Waals surface area contributed by atoms with Gasteiger partial charge in [-0.25, -0.2) is 0 Å². The molecular weight excluding hydrogens is 328 g/mol. The third-order valence-electron chi connectivity index (χ3n) is 2.81. The molecule has 0 bridgehead atoms. The van der Waals surface area contributed by atoms with E-state index in [0.29, 0.717) is 0 Å². The summed E-state index contributed by atoms with van der Waals surface area (Å²) >= 11 is 11.6. The van der Waals surface area contributed by atoms with Gasteiger partial charge in [0, 0.05) is 9.37 Å². The molecule has 0 nitrogen and oxygen atoms in total. The number of benzene rings is 2. The van der Waals surface area contributed by atoms with Gasteiger partial charge in [0.25, 0.3) is 0 Å². The van der Waals surface area contributed by atoms with E-state index in [1.807, 2.05) is 0 Å². The zero-order valence-electron chi connectivity index (χ0n) is 10.1. The van der Waals surface area contributed by atoms with Crippen LogP contribution in [0.5, 0.6) is 0 Å². The van der Waals surface area contributed by atoms with Gasteiger partial charge >= 0.3 is 0 Å². The van der Waals surface area contributed by atoms with Gasteiger partial charge in [0.2, 0.25) is 0 Å². The lowest BCUT2D eigenvalue weighted by molar-refractivity contribution is 0.917. The van der Waals surface area contributed by atoms with E-state index in [-0.39, 0.29) is 5.38 Å². The molecule has 0 amide bonds. The molecule has 2 aromatic rings. The number of hydrogen-bond donors (Lipinski definition) is 0. The Bertz CT molecular complexity index is 493. The van der Waals surface area contributed by atoms with E-state index in [4.69, 9.17) is 11.6 Å². The second-order valence-corrected chi connectivity index (χ2v) is 6.39. The minimum Gasteiger partial charge on any atom is -0.130 e. The van der Waals surface area contributed by atoms with Gasteiger partial charge in [-0.2, -0.15) is 0 Å². The molecule has 0 aliphatic carbocycles. The van der Waals surface area contributed by atoms with Crippen molar-refractivity contribution in [2.75, 3.05) is 6.26 Å². The summed E-state index contributed by atoms with van der Waals surface area (Å²) in [4.78, 5) is 1.27. The standard InChI is InChI=1S/C15H14BrClS/c1-18-14-8-4-12(5-9-14)15(17)10-11-2-6-13(16)7-3-11/h2-9,15H,10H2,1H3. The first-order valence-electron chi connectivity index (χ1n) is 5.71. The molecule has 94 valence electrons. The molecule has 18 heavy (non-hydrogen) atoms. The molecule has 2 aromatic carbocycles. The van der Waals surface area contributed by atoms with Crippen molar-refractivity contribution in [1.82, 2.24) is 0 Å². The molecule has 1 atom stereocenters. The normalized spacial score (nSPS) is 12.4. The van der Waals surface area contributed by atoms with Gasteiger partial charge in [-0.05, 0) is 48.1 Å². The summed E-state index contributed by atoms with van der Waals surface area (Å²) in [6.45, 7) is 0. The van der Waals surface area contributed by atoms with Crippen molar-refractivity contribution in [3.05, 3.63) is 64.1 Å². The van der Waals surface area contributed by atoms with Crippen LogP contribution in [-0.4, -0.2) is 6.26 Å². The van der Waals surface area contributed by atoms with E-state index in [9.17, 15) is 0 Å². The number of hydrogen-bond acceptors (Lipinski definition) is 1. The summed E-state index contributed by atoms with van der Waals surface area (Å²) in [5.74, 6) is 0. The highest BCUT2D eigenvalue weighted by atomic mass is 79.9. The number of halogens is 2. The molecular formula is C15H14BrClS. The monoisotopic (exact) mass is 340 g/mol. The summed E-state index contributed by atoms with van der Waals surface area (Å²) in [5.41, 5.74) is 2.43. The van der Waals surface area contributed by atoms with Crippen LogP contribution in [0.1, 0.15) is 16.5 Å². The Morgan fingerprint density at radius 1 is 1.06 bits per heavy atom. The lowest BCUT2D eigenvalue weighted by Gasteiger charge is -2.10.